The van der Waals surface area contributed by atoms with Crippen LogP contribution in [0.4, 0.5) is 5.82 Å². The number of aromatic nitrogens is 2. The predicted molar refractivity (Wildman–Crippen MR) is 104 cm³/mol. The first kappa shape index (κ1) is 21.9. The Balaban J connectivity index is 1.54. The van der Waals surface area contributed by atoms with Gasteiger partial charge in [-0.1, -0.05) is 18.2 Å². The van der Waals surface area contributed by atoms with Gasteiger partial charge in [0.05, 0.1) is 13.2 Å². The fourth-order valence-electron chi connectivity index (χ4n) is 3.61. The smallest absolute Gasteiger partial charge is 0.404 e. The zero-order valence-electron chi connectivity index (χ0n) is 16.7. The fourth-order valence-corrected chi connectivity index (χ4v) is 4.92. The molecule has 2 aliphatic heterocycles. The number of para-hydroxylation sites is 1. The fraction of sp³-hybridized carbons (Fsp3) is 0.444. The summed E-state index contributed by atoms with van der Waals surface area (Å²) >= 11 is 0. The van der Waals surface area contributed by atoms with Gasteiger partial charge < -0.3 is 19.5 Å². The van der Waals surface area contributed by atoms with Crippen molar-refractivity contribution in [2.45, 2.75) is 44.0 Å². The molecule has 12 nitrogen and oxygen atoms in total. The molecule has 13 heteroatoms. The Morgan fingerprint density at radius 2 is 2.03 bits per heavy atom. The van der Waals surface area contributed by atoms with Crippen LogP contribution in [0.2, 0.25) is 0 Å². The maximum Gasteiger partial charge on any atom is 0.530 e. The van der Waals surface area contributed by atoms with E-state index in [1.165, 1.54) is 26.1 Å². The topological polar surface area (TPSA) is 162 Å². The number of phosphoric acid groups is 1. The Kier molecular flexibility index (Phi) is 5.42. The summed E-state index contributed by atoms with van der Waals surface area (Å²) in [6, 6.07) is 8.16. The highest BCUT2D eigenvalue weighted by Gasteiger charge is 2.60. The monoisotopic (exact) mass is 455 g/mol. The molecule has 5 atom stereocenters. The van der Waals surface area contributed by atoms with Crippen molar-refractivity contribution in [3.05, 3.63) is 52.6 Å². The first-order chi connectivity index (χ1) is 14.6. The molecule has 1 aromatic heterocycles. The van der Waals surface area contributed by atoms with Crippen LogP contribution in [0.15, 0.2) is 41.3 Å². The maximum absolute atomic E-state index is 12.9. The molecule has 1 saturated heterocycles. The van der Waals surface area contributed by atoms with Gasteiger partial charge in [0.1, 0.15) is 23.6 Å². The summed E-state index contributed by atoms with van der Waals surface area (Å²) in [5.74, 6) is 0.254. The molecule has 0 saturated carbocycles. The summed E-state index contributed by atoms with van der Waals surface area (Å²) < 4.78 is 35.8. The molecule has 0 bridgehead atoms. The minimum Gasteiger partial charge on any atom is -0.404 e. The lowest BCUT2D eigenvalue weighted by atomic mass is 9.96. The summed E-state index contributed by atoms with van der Waals surface area (Å²) in [7, 11) is -4.01. The number of hydrogen-bond acceptors (Lipinski definition) is 11. The highest BCUT2D eigenvalue weighted by Crippen LogP contribution is 2.55. The van der Waals surface area contributed by atoms with Crippen LogP contribution in [-0.4, -0.2) is 49.4 Å². The third-order valence-electron chi connectivity index (χ3n) is 5.38. The number of hydrogen-bond donors (Lipinski definition) is 4. The average Bonchev–Trinajstić information content (AvgIpc) is 2.93. The average molecular weight is 455 g/mol. The van der Waals surface area contributed by atoms with Crippen molar-refractivity contribution in [2.24, 2.45) is 0 Å². The number of phosphoric ester groups is 1. The molecule has 0 spiro atoms. The summed E-state index contributed by atoms with van der Waals surface area (Å²) in [4.78, 5) is 15.9. The molecule has 168 valence electrons. The van der Waals surface area contributed by atoms with E-state index >= 15 is 0 Å². The highest BCUT2D eigenvalue weighted by molar-refractivity contribution is 7.49. The number of nitrogens with one attached hydrogen (secondary N) is 1. The van der Waals surface area contributed by atoms with Gasteiger partial charge in [-0.15, -0.1) is 0 Å². The second-order valence-corrected chi connectivity index (χ2v) is 9.22. The Morgan fingerprint density at radius 1 is 1.29 bits per heavy atom. The molecule has 0 aliphatic carbocycles. The molecular formula is C18H22N3O9P. The van der Waals surface area contributed by atoms with E-state index in [0.717, 1.165) is 4.57 Å². The predicted octanol–water partition coefficient (Wildman–Crippen LogP) is 0.962. The van der Waals surface area contributed by atoms with Crippen LogP contribution in [-0.2, 0) is 30.7 Å². The highest BCUT2D eigenvalue weighted by atomic mass is 31.2. The number of nitrogens with zero attached hydrogens (tertiary/aromatic N) is 2. The van der Waals surface area contributed by atoms with E-state index in [9.17, 15) is 19.6 Å². The van der Waals surface area contributed by atoms with Crippen LogP contribution in [0, 0.1) is 0 Å². The molecule has 4 N–H and O–H groups in total. The molecule has 3 heterocycles. The van der Waals surface area contributed by atoms with Crippen LogP contribution in [0.25, 0.3) is 0 Å². The SMILES string of the molecule is CC1(COP2(=O)OCc3ccccc3O2)OC(C)(n2ccc(NO)nc2=O)C(O)C1O. The van der Waals surface area contributed by atoms with Crippen molar-refractivity contribution in [1.29, 1.82) is 0 Å². The number of ether oxygens (including phenoxy) is 1. The van der Waals surface area contributed by atoms with Gasteiger partial charge in [0.25, 0.3) is 0 Å². The maximum atomic E-state index is 12.9. The zero-order valence-corrected chi connectivity index (χ0v) is 17.6. The minimum absolute atomic E-state index is 0.0141. The van der Waals surface area contributed by atoms with Crippen molar-refractivity contribution in [3.63, 3.8) is 0 Å². The van der Waals surface area contributed by atoms with Crippen molar-refractivity contribution in [3.8, 4) is 5.75 Å². The van der Waals surface area contributed by atoms with Crippen LogP contribution in [0.1, 0.15) is 19.4 Å². The quantitative estimate of drug-likeness (QED) is 0.375. The van der Waals surface area contributed by atoms with Gasteiger partial charge in [-0.3, -0.25) is 24.3 Å². The second kappa shape index (κ2) is 7.68. The molecule has 4 rings (SSSR count). The lowest BCUT2D eigenvalue weighted by molar-refractivity contribution is -0.173. The summed E-state index contributed by atoms with van der Waals surface area (Å²) in [5, 5.41) is 30.2. The largest absolute Gasteiger partial charge is 0.530 e. The van der Waals surface area contributed by atoms with Crippen LogP contribution in [0.3, 0.4) is 0 Å². The summed E-state index contributed by atoms with van der Waals surface area (Å²) in [6.45, 7) is 2.35. The zero-order chi connectivity index (χ0) is 22.4. The van der Waals surface area contributed by atoms with Gasteiger partial charge in [-0.05, 0) is 26.0 Å². The van der Waals surface area contributed by atoms with Gasteiger partial charge in [-0.25, -0.2) is 9.36 Å². The Bertz CT molecular complexity index is 1090. The number of anilines is 1. The third-order valence-corrected chi connectivity index (χ3v) is 6.69. The molecule has 31 heavy (non-hydrogen) atoms. The summed E-state index contributed by atoms with van der Waals surface area (Å²) in [5.41, 5.74) is -1.71. The Morgan fingerprint density at radius 3 is 2.74 bits per heavy atom. The first-order valence-electron chi connectivity index (χ1n) is 9.33. The summed E-state index contributed by atoms with van der Waals surface area (Å²) in [6.07, 6.45) is -1.85. The minimum atomic E-state index is -4.01. The van der Waals surface area contributed by atoms with Gasteiger partial charge in [0.15, 0.2) is 11.5 Å². The van der Waals surface area contributed by atoms with Gasteiger partial charge in [0, 0.05) is 11.8 Å². The van der Waals surface area contributed by atoms with E-state index in [-0.39, 0.29) is 12.4 Å². The number of benzene rings is 1. The Hall–Kier alpha value is -2.31. The number of aliphatic hydroxyl groups excluding tert-OH is 2. The molecule has 1 aromatic carbocycles. The van der Waals surface area contributed by atoms with E-state index in [1.54, 1.807) is 29.7 Å². The lowest BCUT2D eigenvalue weighted by Gasteiger charge is -2.33. The standard InChI is InChI=1S/C18H22N3O9P/c1-17(10-28-31(26)27-9-11-5-3-4-6-12(11)29-31)14(22)15(23)18(2,30-17)21-8-7-13(20-25)19-16(21)24/h3-8,14-15,22-23,25H,9-10H2,1-2H3,(H,19,20,24). The van der Waals surface area contributed by atoms with E-state index in [1.807, 2.05) is 0 Å². The molecule has 0 amide bonds. The van der Waals surface area contributed by atoms with Gasteiger partial charge >= 0.3 is 13.5 Å². The van der Waals surface area contributed by atoms with Gasteiger partial charge in [0.2, 0.25) is 0 Å². The van der Waals surface area contributed by atoms with Crippen molar-refractivity contribution in [2.75, 3.05) is 12.1 Å². The molecule has 5 unspecified atom stereocenters. The van der Waals surface area contributed by atoms with E-state index in [2.05, 4.69) is 4.98 Å². The van der Waals surface area contributed by atoms with E-state index < -0.39 is 43.7 Å². The van der Waals surface area contributed by atoms with Gasteiger partial charge in [-0.2, -0.15) is 4.98 Å². The third kappa shape index (κ3) is 3.76. The Labute approximate surface area is 176 Å². The normalized spacial score (nSPS) is 34.7. The molecule has 1 fully saturated rings. The van der Waals surface area contributed by atoms with Crippen LogP contribution in [0.5, 0.6) is 5.75 Å². The van der Waals surface area contributed by atoms with Crippen molar-refractivity contribution >= 4 is 13.6 Å². The van der Waals surface area contributed by atoms with Crippen LogP contribution >= 0.6 is 7.82 Å². The van der Waals surface area contributed by atoms with E-state index in [4.69, 9.17) is 23.5 Å². The van der Waals surface area contributed by atoms with Crippen molar-refractivity contribution in [1.82, 2.24) is 9.55 Å². The lowest BCUT2D eigenvalue weighted by Crippen LogP contribution is -2.48. The van der Waals surface area contributed by atoms with E-state index in [0.29, 0.717) is 11.3 Å². The van der Waals surface area contributed by atoms with Crippen molar-refractivity contribution < 1.29 is 38.3 Å². The number of aliphatic hydroxyl groups is 2. The molecular weight excluding hydrogens is 433 g/mol. The molecule has 0 radical (unpaired) electrons. The molecule has 2 aliphatic rings. The second-order valence-electron chi connectivity index (χ2n) is 7.63. The number of rotatable bonds is 5. The first-order valence-corrected chi connectivity index (χ1v) is 10.8. The number of fused-ring (bicyclic) bond motifs is 1. The molecule has 2 aromatic rings. The van der Waals surface area contributed by atoms with Crippen LogP contribution < -0.4 is 15.7 Å².